The average molecular weight is 370 g/mol. The van der Waals surface area contributed by atoms with Gasteiger partial charge in [0.25, 0.3) is 0 Å². The van der Waals surface area contributed by atoms with E-state index >= 15 is 0 Å². The number of aliphatic hydroxyl groups is 2. The summed E-state index contributed by atoms with van der Waals surface area (Å²) in [5.41, 5.74) is -0.727. The number of carbonyl (C=O) groups excluding carboxylic acids is 2. The van der Waals surface area contributed by atoms with Gasteiger partial charge in [0.05, 0.1) is 6.61 Å². The minimum atomic E-state index is -1.65. The Kier molecular flexibility index (Phi) is 7.28. The van der Waals surface area contributed by atoms with Gasteiger partial charge in [-0.1, -0.05) is 37.3 Å². The second-order valence-electron chi connectivity index (χ2n) is 6.74. The van der Waals surface area contributed by atoms with Crippen LogP contribution < -0.4 is 4.74 Å². The van der Waals surface area contributed by atoms with Gasteiger partial charge in [0, 0.05) is 17.0 Å². The smallest absolute Gasteiger partial charge is 0.194 e. The number of ether oxygens (including phenoxy) is 1. The molecule has 5 nitrogen and oxygen atoms in total. The molecule has 0 radical (unpaired) electrons. The number of hydrogen-bond donors (Lipinski definition) is 2. The lowest BCUT2D eigenvalue weighted by Gasteiger charge is -2.26. The zero-order valence-corrected chi connectivity index (χ0v) is 15.7. The molecule has 0 aromatic heterocycles. The first-order valence-electron chi connectivity index (χ1n) is 9.09. The number of hydrogen-bond acceptors (Lipinski definition) is 5. The van der Waals surface area contributed by atoms with Gasteiger partial charge < -0.3 is 14.9 Å². The summed E-state index contributed by atoms with van der Waals surface area (Å²) in [6.07, 6.45) is 0.587. The zero-order chi connectivity index (χ0) is 19.9. The van der Waals surface area contributed by atoms with Crippen LogP contribution >= 0.6 is 0 Å². The number of carbonyl (C=O) groups is 2. The normalized spacial score (nSPS) is 14.2. The molecule has 2 unspecified atom stereocenters. The minimum Gasteiger partial charge on any atom is -0.491 e. The topological polar surface area (TPSA) is 83.8 Å². The van der Waals surface area contributed by atoms with Gasteiger partial charge in [0.1, 0.15) is 18.0 Å². The number of rotatable bonds is 10. The second kappa shape index (κ2) is 9.44. The standard InChI is InChI=1S/C22H26O5/c1-3-16(20(24)17-7-5-4-6-8-17)15-22(2,26)21(25)18-9-11-19(12-10-18)27-14-13-23/h4-12,16,23,26H,3,13-15H2,1-2H3. The summed E-state index contributed by atoms with van der Waals surface area (Å²) in [5.74, 6) is -0.418. The van der Waals surface area contributed by atoms with Gasteiger partial charge in [0.2, 0.25) is 0 Å². The minimum absolute atomic E-state index is 0.0544. The third-order valence-corrected chi connectivity index (χ3v) is 4.53. The second-order valence-corrected chi connectivity index (χ2v) is 6.74. The van der Waals surface area contributed by atoms with E-state index < -0.39 is 17.3 Å². The van der Waals surface area contributed by atoms with Gasteiger partial charge in [0.15, 0.2) is 11.6 Å². The third-order valence-electron chi connectivity index (χ3n) is 4.53. The Balaban J connectivity index is 2.11. The highest BCUT2D eigenvalue weighted by Gasteiger charge is 2.36. The molecule has 0 bridgehead atoms. The van der Waals surface area contributed by atoms with Crippen molar-refractivity contribution >= 4 is 11.6 Å². The first kappa shape index (κ1) is 20.8. The maximum Gasteiger partial charge on any atom is 0.194 e. The molecular weight excluding hydrogens is 344 g/mol. The monoisotopic (exact) mass is 370 g/mol. The van der Waals surface area contributed by atoms with Crippen molar-refractivity contribution in [1.29, 1.82) is 0 Å². The van der Waals surface area contributed by atoms with Gasteiger partial charge in [-0.25, -0.2) is 0 Å². The molecule has 0 saturated carbocycles. The molecule has 0 spiro atoms. The molecule has 27 heavy (non-hydrogen) atoms. The molecule has 0 fully saturated rings. The highest BCUT2D eigenvalue weighted by Crippen LogP contribution is 2.27. The van der Waals surface area contributed by atoms with E-state index in [1.807, 2.05) is 13.0 Å². The SMILES string of the molecule is CCC(CC(C)(O)C(=O)c1ccc(OCCO)cc1)C(=O)c1ccccc1. The number of aliphatic hydroxyl groups excluding tert-OH is 1. The molecule has 5 heteroatoms. The van der Waals surface area contributed by atoms with Crippen LogP contribution in [0.2, 0.25) is 0 Å². The van der Waals surface area contributed by atoms with Crippen molar-refractivity contribution in [3.8, 4) is 5.75 Å². The molecule has 2 N–H and O–H groups in total. The van der Waals surface area contributed by atoms with E-state index in [0.29, 0.717) is 23.3 Å². The zero-order valence-electron chi connectivity index (χ0n) is 15.7. The number of ketones is 2. The average Bonchev–Trinajstić information content (AvgIpc) is 2.70. The molecule has 0 heterocycles. The largest absolute Gasteiger partial charge is 0.491 e. The molecule has 2 atom stereocenters. The predicted octanol–water partition coefficient (Wildman–Crippen LogP) is 3.29. The summed E-state index contributed by atoms with van der Waals surface area (Å²) < 4.78 is 5.27. The Labute approximate surface area is 159 Å². The Bertz CT molecular complexity index is 750. The van der Waals surface area contributed by atoms with Crippen molar-refractivity contribution in [2.24, 2.45) is 5.92 Å². The molecule has 2 aromatic carbocycles. The van der Waals surface area contributed by atoms with Crippen molar-refractivity contribution in [2.75, 3.05) is 13.2 Å². The van der Waals surface area contributed by atoms with Crippen LogP contribution in [0.1, 0.15) is 47.4 Å². The maximum absolute atomic E-state index is 12.8. The summed E-state index contributed by atoms with van der Waals surface area (Å²) in [4.78, 5) is 25.5. The summed E-state index contributed by atoms with van der Waals surface area (Å²) in [6, 6.07) is 15.3. The van der Waals surface area contributed by atoms with Crippen LogP contribution in [0.5, 0.6) is 5.75 Å². The molecule has 0 aliphatic heterocycles. The van der Waals surface area contributed by atoms with Crippen molar-refractivity contribution in [3.05, 3.63) is 65.7 Å². The molecule has 0 aliphatic rings. The molecule has 144 valence electrons. The highest BCUT2D eigenvalue weighted by atomic mass is 16.5. The first-order valence-corrected chi connectivity index (χ1v) is 9.09. The molecule has 0 aliphatic carbocycles. The lowest BCUT2D eigenvalue weighted by molar-refractivity contribution is 0.0278. The van der Waals surface area contributed by atoms with Crippen LogP contribution in [-0.2, 0) is 0 Å². The van der Waals surface area contributed by atoms with Gasteiger partial charge >= 0.3 is 0 Å². The van der Waals surface area contributed by atoms with E-state index in [4.69, 9.17) is 9.84 Å². The number of Topliss-reactive ketones (excluding diaryl/α,β-unsaturated/α-hetero) is 2. The lowest BCUT2D eigenvalue weighted by atomic mass is 9.81. The van der Waals surface area contributed by atoms with E-state index in [1.54, 1.807) is 48.5 Å². The molecule has 0 saturated heterocycles. The van der Waals surface area contributed by atoms with E-state index in [9.17, 15) is 14.7 Å². The Morgan fingerprint density at radius 3 is 2.22 bits per heavy atom. The fourth-order valence-corrected chi connectivity index (χ4v) is 3.01. The van der Waals surface area contributed by atoms with Crippen LogP contribution in [0.25, 0.3) is 0 Å². The van der Waals surface area contributed by atoms with E-state index in [0.717, 1.165) is 0 Å². The van der Waals surface area contributed by atoms with E-state index in [-0.39, 0.29) is 25.4 Å². The number of benzene rings is 2. The fraction of sp³-hybridized carbons (Fsp3) is 0.364. The summed E-state index contributed by atoms with van der Waals surface area (Å²) in [5, 5.41) is 19.6. The summed E-state index contributed by atoms with van der Waals surface area (Å²) in [7, 11) is 0. The van der Waals surface area contributed by atoms with Gasteiger partial charge in [-0.15, -0.1) is 0 Å². The predicted molar refractivity (Wildman–Crippen MR) is 103 cm³/mol. The van der Waals surface area contributed by atoms with Crippen molar-refractivity contribution in [1.82, 2.24) is 0 Å². The van der Waals surface area contributed by atoms with Crippen LogP contribution in [0.3, 0.4) is 0 Å². The van der Waals surface area contributed by atoms with Crippen molar-refractivity contribution in [2.45, 2.75) is 32.3 Å². The molecule has 2 aromatic rings. The highest BCUT2D eigenvalue weighted by molar-refractivity contribution is 6.03. The Morgan fingerprint density at radius 1 is 1.04 bits per heavy atom. The van der Waals surface area contributed by atoms with Crippen molar-refractivity contribution in [3.63, 3.8) is 0 Å². The Morgan fingerprint density at radius 2 is 1.67 bits per heavy atom. The van der Waals surface area contributed by atoms with Crippen molar-refractivity contribution < 1.29 is 24.5 Å². The van der Waals surface area contributed by atoms with Crippen LogP contribution in [0, 0.1) is 5.92 Å². The van der Waals surface area contributed by atoms with Gasteiger partial charge in [-0.05, 0) is 44.0 Å². The van der Waals surface area contributed by atoms with Gasteiger partial charge in [-0.2, -0.15) is 0 Å². The van der Waals surface area contributed by atoms with Gasteiger partial charge in [-0.3, -0.25) is 9.59 Å². The third kappa shape index (κ3) is 5.49. The van der Waals surface area contributed by atoms with Crippen LogP contribution in [0.4, 0.5) is 0 Å². The molecule has 2 rings (SSSR count). The maximum atomic E-state index is 12.8. The van der Waals surface area contributed by atoms with E-state index in [2.05, 4.69) is 0 Å². The quantitative estimate of drug-likeness (QED) is 0.627. The lowest BCUT2D eigenvalue weighted by Crippen LogP contribution is -2.39. The first-order chi connectivity index (χ1) is 12.9. The Hall–Kier alpha value is -2.50. The molecular formula is C22H26O5. The van der Waals surface area contributed by atoms with Crippen LogP contribution in [-0.4, -0.2) is 40.6 Å². The summed E-state index contributed by atoms with van der Waals surface area (Å²) in [6.45, 7) is 3.40. The van der Waals surface area contributed by atoms with Crippen LogP contribution in [0.15, 0.2) is 54.6 Å². The fourth-order valence-electron chi connectivity index (χ4n) is 3.01. The summed E-state index contributed by atoms with van der Waals surface area (Å²) >= 11 is 0. The van der Waals surface area contributed by atoms with E-state index in [1.165, 1.54) is 6.92 Å². The molecule has 0 amide bonds.